The van der Waals surface area contributed by atoms with Crippen LogP contribution in [0.2, 0.25) is 0 Å². The highest BCUT2D eigenvalue weighted by molar-refractivity contribution is 9.09. The number of nitro groups is 1. The van der Waals surface area contributed by atoms with Crippen molar-refractivity contribution in [2.24, 2.45) is 0 Å². The van der Waals surface area contributed by atoms with E-state index < -0.39 is 45.9 Å². The smallest absolute Gasteiger partial charge is 0.431 e. The predicted octanol–water partition coefficient (Wildman–Crippen LogP) is 5.04. The van der Waals surface area contributed by atoms with Gasteiger partial charge in [-0.3, -0.25) is 10.1 Å². The van der Waals surface area contributed by atoms with E-state index in [0.29, 0.717) is 6.42 Å². The number of ether oxygens (including phenoxy) is 2. The van der Waals surface area contributed by atoms with Crippen molar-refractivity contribution in [1.82, 2.24) is 5.32 Å². The van der Waals surface area contributed by atoms with Gasteiger partial charge in [0.1, 0.15) is 5.70 Å². The molecule has 1 heterocycles. The lowest BCUT2D eigenvalue weighted by Gasteiger charge is -2.31. The van der Waals surface area contributed by atoms with Crippen LogP contribution in [0.1, 0.15) is 44.1 Å². The van der Waals surface area contributed by atoms with E-state index in [-0.39, 0.29) is 23.4 Å². The Kier molecular flexibility index (Phi) is 9.66. The van der Waals surface area contributed by atoms with Crippen molar-refractivity contribution >= 4 is 33.6 Å². The maximum atomic E-state index is 13.9. The molecule has 1 aromatic carbocycles. The number of alkyl halides is 4. The Morgan fingerprint density at radius 3 is 2.35 bits per heavy atom. The van der Waals surface area contributed by atoms with Crippen LogP contribution in [0, 0.1) is 10.1 Å². The molecule has 0 aliphatic carbocycles. The molecule has 0 aromatic heterocycles. The number of methoxy groups -OCH3 is 1. The second kappa shape index (κ2) is 12.0. The number of rotatable bonds is 10. The molecule has 0 spiro atoms. The van der Waals surface area contributed by atoms with Crippen LogP contribution >= 0.6 is 15.9 Å². The SMILES string of the molecule is COC(=O)C1=C(C(F)(F)F)NC(C)=C(C(=O)OCCCCCCBr)C1c1ccccc1[N+](=O)[O-]. The van der Waals surface area contributed by atoms with Gasteiger partial charge < -0.3 is 14.8 Å². The van der Waals surface area contributed by atoms with Crippen LogP contribution in [0.25, 0.3) is 0 Å². The second-order valence-corrected chi connectivity index (χ2v) is 8.22. The number of carbonyl (C=O) groups excluding carboxylic acids is 2. The lowest BCUT2D eigenvalue weighted by atomic mass is 9.79. The highest BCUT2D eigenvalue weighted by atomic mass is 79.9. The first-order valence-electron chi connectivity index (χ1n) is 10.4. The molecule has 0 amide bonds. The van der Waals surface area contributed by atoms with Gasteiger partial charge >= 0.3 is 18.1 Å². The van der Waals surface area contributed by atoms with Crippen LogP contribution in [0.5, 0.6) is 0 Å². The first-order chi connectivity index (χ1) is 16.0. The molecular formula is C22H24BrF3N2O6. The number of benzene rings is 1. The Morgan fingerprint density at radius 2 is 1.76 bits per heavy atom. The third kappa shape index (κ3) is 6.37. The van der Waals surface area contributed by atoms with Crippen molar-refractivity contribution in [2.75, 3.05) is 19.0 Å². The zero-order chi connectivity index (χ0) is 25.5. The molecule has 12 heteroatoms. The molecule has 34 heavy (non-hydrogen) atoms. The molecular weight excluding hydrogens is 525 g/mol. The number of carbonyl (C=O) groups is 2. The maximum Gasteiger partial charge on any atom is 0.431 e. The number of hydrogen-bond donors (Lipinski definition) is 1. The number of allylic oxidation sites excluding steroid dienone is 2. The Hall–Kier alpha value is -2.89. The Morgan fingerprint density at radius 1 is 1.12 bits per heavy atom. The summed E-state index contributed by atoms with van der Waals surface area (Å²) in [5, 5.41) is 14.6. The van der Waals surface area contributed by atoms with Crippen molar-refractivity contribution in [1.29, 1.82) is 0 Å². The number of dihydropyridines is 1. The lowest BCUT2D eigenvalue weighted by Crippen LogP contribution is -2.38. The molecule has 1 unspecified atom stereocenters. The van der Waals surface area contributed by atoms with Gasteiger partial charge in [0.25, 0.3) is 5.69 Å². The van der Waals surface area contributed by atoms with Gasteiger partial charge in [0.15, 0.2) is 0 Å². The van der Waals surface area contributed by atoms with Crippen molar-refractivity contribution < 1.29 is 37.2 Å². The average Bonchev–Trinajstić information content (AvgIpc) is 2.79. The molecule has 1 aliphatic heterocycles. The maximum absolute atomic E-state index is 13.9. The van der Waals surface area contributed by atoms with Gasteiger partial charge in [-0.05, 0) is 19.8 Å². The van der Waals surface area contributed by atoms with Crippen LogP contribution in [0.3, 0.4) is 0 Å². The number of hydrogen-bond acceptors (Lipinski definition) is 7. The molecule has 0 bridgehead atoms. The standard InChI is InChI=1S/C22H24BrF3N2O6/c1-13-16(21(30)34-12-8-4-3-7-11-23)17(14-9-5-6-10-15(14)28(31)32)18(20(29)33-2)19(27-13)22(24,25)26/h5-6,9-10,17,27H,3-4,7-8,11-12H2,1-2H3. The summed E-state index contributed by atoms with van der Waals surface area (Å²) in [6.07, 6.45) is -1.89. The van der Waals surface area contributed by atoms with Gasteiger partial charge in [0, 0.05) is 22.7 Å². The van der Waals surface area contributed by atoms with Crippen LogP contribution in [-0.2, 0) is 19.1 Å². The van der Waals surface area contributed by atoms with Gasteiger partial charge in [-0.2, -0.15) is 13.2 Å². The fourth-order valence-corrected chi connectivity index (χ4v) is 4.05. The number of nitrogens with one attached hydrogen (secondary N) is 1. The van der Waals surface area contributed by atoms with E-state index in [4.69, 9.17) is 4.74 Å². The first-order valence-corrected chi connectivity index (χ1v) is 11.5. The van der Waals surface area contributed by atoms with Crippen LogP contribution in [0.15, 0.2) is 46.8 Å². The molecule has 0 saturated carbocycles. The number of para-hydroxylation sites is 1. The number of esters is 2. The molecule has 1 aromatic rings. The third-order valence-corrected chi connectivity index (χ3v) is 5.74. The molecule has 1 aliphatic rings. The monoisotopic (exact) mass is 548 g/mol. The minimum absolute atomic E-state index is 0.00486. The largest absolute Gasteiger partial charge is 0.466 e. The van der Waals surface area contributed by atoms with E-state index in [1.165, 1.54) is 25.1 Å². The summed E-state index contributed by atoms with van der Waals surface area (Å²) in [5.74, 6) is -4.08. The van der Waals surface area contributed by atoms with Gasteiger partial charge in [0.2, 0.25) is 0 Å². The fourth-order valence-electron chi connectivity index (χ4n) is 3.65. The summed E-state index contributed by atoms with van der Waals surface area (Å²) >= 11 is 3.32. The zero-order valence-corrected chi connectivity index (χ0v) is 20.1. The molecule has 1 N–H and O–H groups in total. The molecule has 0 fully saturated rings. The second-order valence-electron chi connectivity index (χ2n) is 7.43. The summed E-state index contributed by atoms with van der Waals surface area (Å²) in [4.78, 5) is 36.4. The molecule has 1 atom stereocenters. The first kappa shape index (κ1) is 27.4. The summed E-state index contributed by atoms with van der Waals surface area (Å²) in [5.41, 5.74) is -3.79. The summed E-state index contributed by atoms with van der Waals surface area (Å²) in [6.45, 7) is 1.22. The highest BCUT2D eigenvalue weighted by Gasteiger charge is 2.48. The minimum atomic E-state index is -5.03. The lowest BCUT2D eigenvalue weighted by molar-refractivity contribution is -0.385. The fraction of sp³-hybridized carbons (Fsp3) is 0.455. The quantitative estimate of drug-likeness (QED) is 0.143. The van der Waals surface area contributed by atoms with Gasteiger partial charge in [0.05, 0.1) is 35.7 Å². The van der Waals surface area contributed by atoms with Gasteiger partial charge in [-0.1, -0.05) is 47.0 Å². The third-order valence-electron chi connectivity index (χ3n) is 5.18. The summed E-state index contributed by atoms with van der Waals surface area (Å²) in [7, 11) is 0.885. The van der Waals surface area contributed by atoms with Gasteiger partial charge in [-0.15, -0.1) is 0 Å². The van der Waals surface area contributed by atoms with Crippen LogP contribution in [0.4, 0.5) is 18.9 Å². The number of unbranched alkanes of at least 4 members (excludes halogenated alkanes) is 3. The van der Waals surface area contributed by atoms with E-state index in [9.17, 15) is 32.9 Å². The summed E-state index contributed by atoms with van der Waals surface area (Å²) in [6, 6.07) is 4.98. The van der Waals surface area contributed by atoms with E-state index in [0.717, 1.165) is 37.8 Å². The van der Waals surface area contributed by atoms with E-state index >= 15 is 0 Å². The highest BCUT2D eigenvalue weighted by Crippen LogP contribution is 2.45. The topological polar surface area (TPSA) is 108 Å². The minimum Gasteiger partial charge on any atom is -0.466 e. The summed E-state index contributed by atoms with van der Waals surface area (Å²) < 4.78 is 51.5. The molecule has 2 rings (SSSR count). The van der Waals surface area contributed by atoms with E-state index in [1.807, 2.05) is 0 Å². The molecule has 8 nitrogen and oxygen atoms in total. The number of nitro benzene ring substituents is 1. The van der Waals surface area contributed by atoms with E-state index in [2.05, 4.69) is 26.0 Å². The van der Waals surface area contributed by atoms with Crippen molar-refractivity contribution in [3.8, 4) is 0 Å². The predicted molar refractivity (Wildman–Crippen MR) is 120 cm³/mol. The Bertz CT molecular complexity index is 1010. The van der Waals surface area contributed by atoms with Crippen molar-refractivity contribution in [2.45, 2.75) is 44.7 Å². The Labute approximate surface area is 202 Å². The van der Waals surface area contributed by atoms with Crippen LogP contribution < -0.4 is 5.32 Å². The van der Waals surface area contributed by atoms with Crippen LogP contribution in [-0.4, -0.2) is 42.1 Å². The normalized spacial score (nSPS) is 16.2. The van der Waals surface area contributed by atoms with Gasteiger partial charge in [-0.25, -0.2) is 9.59 Å². The number of halogens is 4. The number of nitrogens with zero attached hydrogens (tertiary/aromatic N) is 1. The average molecular weight is 549 g/mol. The van der Waals surface area contributed by atoms with Crippen molar-refractivity contribution in [3.05, 3.63) is 62.5 Å². The van der Waals surface area contributed by atoms with Crippen molar-refractivity contribution in [3.63, 3.8) is 0 Å². The molecule has 0 radical (unpaired) electrons. The molecule has 0 saturated heterocycles. The van der Waals surface area contributed by atoms with E-state index in [1.54, 1.807) is 0 Å². The molecule has 186 valence electrons. The Balaban J connectivity index is 2.59. The zero-order valence-electron chi connectivity index (χ0n) is 18.5.